The standard InChI is InChI=1S/C7H13N.C6H14/c1-6(2)7(3,4)5-8;1-4-5-6(2)3/h6H,1-4H3;6H,4-5H2,1-3H3. The molecule has 0 aromatic heterocycles. The van der Waals surface area contributed by atoms with Crippen LogP contribution in [-0.2, 0) is 0 Å². The average Bonchev–Trinajstić information content (AvgIpc) is 2.05. The fourth-order valence-corrected chi connectivity index (χ4v) is 0.706. The third kappa shape index (κ3) is 9.58. The topological polar surface area (TPSA) is 23.8 Å². The first-order chi connectivity index (χ1) is 6.27. The molecule has 0 rings (SSSR count). The fraction of sp³-hybridized carbons (Fsp3) is 0.923. The molecule has 0 aromatic rings. The van der Waals surface area contributed by atoms with E-state index < -0.39 is 0 Å². The van der Waals surface area contributed by atoms with Crippen LogP contribution < -0.4 is 0 Å². The summed E-state index contributed by atoms with van der Waals surface area (Å²) in [4.78, 5) is 0. The maximum atomic E-state index is 8.51. The van der Waals surface area contributed by atoms with Gasteiger partial charge >= 0.3 is 0 Å². The normalized spacial score (nSPS) is 10.9. The molecule has 0 aromatic carbocycles. The van der Waals surface area contributed by atoms with Crippen molar-refractivity contribution in [3.63, 3.8) is 0 Å². The number of hydrogen-bond acceptors (Lipinski definition) is 1. The van der Waals surface area contributed by atoms with E-state index in [1.165, 1.54) is 12.8 Å². The molecule has 0 bridgehead atoms. The zero-order valence-electron chi connectivity index (χ0n) is 11.0. The second-order valence-electron chi connectivity index (χ2n) is 5.17. The van der Waals surface area contributed by atoms with E-state index >= 15 is 0 Å². The molecule has 0 unspecified atom stereocenters. The minimum Gasteiger partial charge on any atom is -0.198 e. The van der Waals surface area contributed by atoms with Gasteiger partial charge in [0.25, 0.3) is 0 Å². The van der Waals surface area contributed by atoms with Gasteiger partial charge in [0.05, 0.1) is 11.5 Å². The molecule has 0 radical (unpaired) electrons. The lowest BCUT2D eigenvalue weighted by molar-refractivity contribution is 0.345. The van der Waals surface area contributed by atoms with Gasteiger partial charge in [-0.1, -0.05) is 47.5 Å². The zero-order valence-corrected chi connectivity index (χ0v) is 11.0. The van der Waals surface area contributed by atoms with Gasteiger partial charge in [0.15, 0.2) is 0 Å². The Morgan fingerprint density at radius 1 is 1.14 bits per heavy atom. The second kappa shape index (κ2) is 7.85. The van der Waals surface area contributed by atoms with Crippen LogP contribution in [0.15, 0.2) is 0 Å². The Bertz CT molecular complexity index is 161. The summed E-state index contributed by atoms with van der Waals surface area (Å²) >= 11 is 0. The lowest BCUT2D eigenvalue weighted by Crippen LogP contribution is -2.15. The van der Waals surface area contributed by atoms with Crippen molar-refractivity contribution < 1.29 is 0 Å². The largest absolute Gasteiger partial charge is 0.198 e. The lowest BCUT2D eigenvalue weighted by Gasteiger charge is -2.18. The predicted molar refractivity (Wildman–Crippen MR) is 64.0 cm³/mol. The van der Waals surface area contributed by atoms with Gasteiger partial charge in [-0.15, -0.1) is 0 Å². The van der Waals surface area contributed by atoms with Gasteiger partial charge in [0.2, 0.25) is 0 Å². The highest BCUT2D eigenvalue weighted by Gasteiger charge is 2.20. The summed E-state index contributed by atoms with van der Waals surface area (Å²) in [6.45, 7) is 14.8. The molecule has 0 spiro atoms. The van der Waals surface area contributed by atoms with Crippen molar-refractivity contribution in [1.82, 2.24) is 0 Å². The van der Waals surface area contributed by atoms with Crippen LogP contribution in [0.1, 0.15) is 61.3 Å². The van der Waals surface area contributed by atoms with Crippen LogP contribution in [0.5, 0.6) is 0 Å². The first-order valence-electron chi connectivity index (χ1n) is 5.69. The van der Waals surface area contributed by atoms with Crippen molar-refractivity contribution >= 4 is 0 Å². The monoisotopic (exact) mass is 197 g/mol. The fourth-order valence-electron chi connectivity index (χ4n) is 0.706. The third-order valence-electron chi connectivity index (χ3n) is 2.60. The number of nitrogens with zero attached hydrogens (tertiary/aromatic N) is 1. The van der Waals surface area contributed by atoms with E-state index in [2.05, 4.69) is 40.7 Å². The van der Waals surface area contributed by atoms with E-state index in [-0.39, 0.29) is 5.41 Å². The zero-order chi connectivity index (χ0) is 11.8. The highest BCUT2D eigenvalue weighted by Crippen LogP contribution is 2.23. The molecule has 1 heteroatoms. The molecule has 0 amide bonds. The maximum Gasteiger partial charge on any atom is 0.0686 e. The molecule has 0 fully saturated rings. The number of nitriles is 1. The van der Waals surface area contributed by atoms with Gasteiger partial charge in [-0.3, -0.25) is 0 Å². The van der Waals surface area contributed by atoms with Gasteiger partial charge in [-0.2, -0.15) is 5.26 Å². The summed E-state index contributed by atoms with van der Waals surface area (Å²) in [6.07, 6.45) is 2.71. The Morgan fingerprint density at radius 2 is 1.57 bits per heavy atom. The molecule has 0 saturated carbocycles. The second-order valence-corrected chi connectivity index (χ2v) is 5.17. The van der Waals surface area contributed by atoms with E-state index in [0.717, 1.165) is 5.92 Å². The minimum absolute atomic E-state index is 0.153. The molecule has 14 heavy (non-hydrogen) atoms. The molecule has 0 saturated heterocycles. The summed E-state index contributed by atoms with van der Waals surface area (Å²) < 4.78 is 0. The Labute approximate surface area is 90.5 Å². The summed E-state index contributed by atoms with van der Waals surface area (Å²) in [7, 11) is 0. The van der Waals surface area contributed by atoms with Crippen molar-refractivity contribution in [2.24, 2.45) is 17.3 Å². The van der Waals surface area contributed by atoms with Crippen molar-refractivity contribution in [3.8, 4) is 6.07 Å². The van der Waals surface area contributed by atoms with Crippen LogP contribution in [0.3, 0.4) is 0 Å². The molecule has 0 aliphatic carbocycles. The molecule has 1 nitrogen and oxygen atoms in total. The van der Waals surface area contributed by atoms with Gasteiger partial charge in [-0.25, -0.2) is 0 Å². The van der Waals surface area contributed by atoms with Gasteiger partial charge in [-0.05, 0) is 25.7 Å². The summed E-state index contributed by atoms with van der Waals surface area (Å²) in [5, 5.41) is 8.51. The first-order valence-corrected chi connectivity index (χ1v) is 5.69. The Hall–Kier alpha value is -0.510. The number of hydrogen-bond donors (Lipinski definition) is 0. The van der Waals surface area contributed by atoms with Crippen LogP contribution in [-0.4, -0.2) is 0 Å². The first kappa shape index (κ1) is 15.9. The third-order valence-corrected chi connectivity index (χ3v) is 2.60. The maximum absolute atomic E-state index is 8.51. The molecule has 0 aliphatic rings. The molecular formula is C13H27N. The highest BCUT2D eigenvalue weighted by atomic mass is 14.3. The van der Waals surface area contributed by atoms with Crippen LogP contribution in [0, 0.1) is 28.6 Å². The SMILES string of the molecule is CC(C)C(C)(C)C#N.CCCC(C)C. The van der Waals surface area contributed by atoms with Crippen LogP contribution in [0.25, 0.3) is 0 Å². The Morgan fingerprint density at radius 3 is 1.57 bits per heavy atom. The summed E-state index contributed by atoms with van der Waals surface area (Å²) in [5.41, 5.74) is -0.153. The minimum atomic E-state index is -0.153. The predicted octanol–water partition coefficient (Wildman–Crippen LogP) is 4.63. The average molecular weight is 197 g/mol. The van der Waals surface area contributed by atoms with Gasteiger partial charge in [0, 0.05) is 0 Å². The van der Waals surface area contributed by atoms with E-state index in [0.29, 0.717) is 5.92 Å². The molecule has 84 valence electrons. The Balaban J connectivity index is 0. The van der Waals surface area contributed by atoms with Crippen molar-refractivity contribution in [3.05, 3.63) is 0 Å². The van der Waals surface area contributed by atoms with Crippen LogP contribution in [0.4, 0.5) is 0 Å². The van der Waals surface area contributed by atoms with E-state index in [1.54, 1.807) is 0 Å². The molecular weight excluding hydrogens is 170 g/mol. The van der Waals surface area contributed by atoms with Crippen LogP contribution in [0.2, 0.25) is 0 Å². The van der Waals surface area contributed by atoms with Crippen molar-refractivity contribution in [1.29, 1.82) is 5.26 Å². The highest BCUT2D eigenvalue weighted by molar-refractivity contribution is 4.93. The van der Waals surface area contributed by atoms with Gasteiger partial charge < -0.3 is 0 Å². The molecule has 0 heterocycles. The summed E-state index contributed by atoms with van der Waals surface area (Å²) in [5.74, 6) is 1.35. The Kier molecular flexibility index (Phi) is 8.94. The van der Waals surface area contributed by atoms with Crippen LogP contribution >= 0.6 is 0 Å². The van der Waals surface area contributed by atoms with E-state index in [1.807, 2.05) is 13.8 Å². The molecule has 0 atom stereocenters. The van der Waals surface area contributed by atoms with Crippen molar-refractivity contribution in [2.75, 3.05) is 0 Å². The van der Waals surface area contributed by atoms with Gasteiger partial charge in [0.1, 0.15) is 0 Å². The van der Waals surface area contributed by atoms with Crippen molar-refractivity contribution in [2.45, 2.75) is 61.3 Å². The molecule has 0 N–H and O–H groups in total. The quantitative estimate of drug-likeness (QED) is 0.647. The summed E-state index contributed by atoms with van der Waals surface area (Å²) in [6, 6.07) is 2.24. The smallest absolute Gasteiger partial charge is 0.0686 e. The lowest BCUT2D eigenvalue weighted by atomic mass is 9.83. The van der Waals surface area contributed by atoms with E-state index in [9.17, 15) is 0 Å². The number of rotatable bonds is 3. The van der Waals surface area contributed by atoms with E-state index in [4.69, 9.17) is 5.26 Å². The molecule has 0 aliphatic heterocycles.